The van der Waals surface area contributed by atoms with Gasteiger partial charge in [-0.2, -0.15) is 0 Å². The maximum absolute atomic E-state index is 13.2. The Labute approximate surface area is 167 Å². The number of fused-ring (bicyclic) bond motifs is 1. The van der Waals surface area contributed by atoms with Crippen LogP contribution in [0.1, 0.15) is 46.2 Å². The molecule has 0 radical (unpaired) electrons. The molecule has 0 spiro atoms. The molecule has 0 atom stereocenters. The number of benzene rings is 1. The average molecular weight is 412 g/mol. The summed E-state index contributed by atoms with van der Waals surface area (Å²) in [5.41, 5.74) is 1.59. The lowest BCUT2D eigenvalue weighted by atomic mass is 10.0. The van der Waals surface area contributed by atoms with Crippen molar-refractivity contribution >= 4 is 26.8 Å². The molecule has 150 valence electrons. The first-order valence-corrected chi connectivity index (χ1v) is 11.1. The van der Waals surface area contributed by atoms with Crippen molar-refractivity contribution in [2.45, 2.75) is 37.1 Å². The Morgan fingerprint density at radius 3 is 2.38 bits per heavy atom. The first kappa shape index (κ1) is 19.3. The largest absolute Gasteiger partial charge is 0.477 e. The molecule has 1 N–H and O–H groups in total. The monoisotopic (exact) mass is 412 g/mol. The van der Waals surface area contributed by atoms with Gasteiger partial charge in [0.2, 0.25) is 0 Å². The normalized spacial score (nSPS) is 14.3. The SMILES string of the molecule is Cc1ccc2c(=O)c(Cc3ccc(S(C)(=O)=O)cc3)c(C(=O)O)n(C3CC3)c2n1. The van der Waals surface area contributed by atoms with E-state index < -0.39 is 15.8 Å². The molecule has 29 heavy (non-hydrogen) atoms. The van der Waals surface area contributed by atoms with Gasteiger partial charge in [0.15, 0.2) is 15.3 Å². The van der Waals surface area contributed by atoms with Gasteiger partial charge in [-0.3, -0.25) is 4.79 Å². The first-order chi connectivity index (χ1) is 13.7. The second kappa shape index (κ2) is 6.81. The van der Waals surface area contributed by atoms with Crippen LogP contribution in [0.4, 0.5) is 0 Å². The number of aromatic nitrogens is 2. The lowest BCUT2D eigenvalue weighted by Crippen LogP contribution is -2.25. The smallest absolute Gasteiger partial charge is 0.353 e. The quantitative estimate of drug-likeness (QED) is 0.691. The number of sulfone groups is 1. The van der Waals surface area contributed by atoms with Gasteiger partial charge < -0.3 is 9.67 Å². The third kappa shape index (κ3) is 3.55. The predicted molar refractivity (Wildman–Crippen MR) is 108 cm³/mol. The number of carbonyl (C=O) groups is 1. The molecule has 0 amide bonds. The summed E-state index contributed by atoms with van der Waals surface area (Å²) in [5.74, 6) is -1.16. The van der Waals surface area contributed by atoms with E-state index in [1.165, 1.54) is 12.1 Å². The van der Waals surface area contributed by atoms with Gasteiger partial charge in [0.05, 0.1) is 10.3 Å². The molecule has 7 nitrogen and oxygen atoms in total. The fourth-order valence-corrected chi connectivity index (χ4v) is 4.20. The van der Waals surface area contributed by atoms with Crippen LogP contribution in [0.5, 0.6) is 0 Å². The lowest BCUT2D eigenvalue weighted by molar-refractivity contribution is 0.0683. The van der Waals surface area contributed by atoms with E-state index in [9.17, 15) is 23.1 Å². The second-order valence-electron chi connectivity index (χ2n) is 7.48. The fourth-order valence-electron chi connectivity index (χ4n) is 3.57. The molecule has 0 bridgehead atoms. The molecule has 0 unspecified atom stereocenters. The number of nitrogens with zero attached hydrogens (tertiary/aromatic N) is 2. The first-order valence-electron chi connectivity index (χ1n) is 9.24. The number of hydrogen-bond acceptors (Lipinski definition) is 5. The molecule has 0 aliphatic heterocycles. The Balaban J connectivity index is 1.93. The highest BCUT2D eigenvalue weighted by atomic mass is 32.2. The topological polar surface area (TPSA) is 106 Å². The van der Waals surface area contributed by atoms with Crippen LogP contribution < -0.4 is 5.43 Å². The minimum absolute atomic E-state index is 0.0184. The van der Waals surface area contributed by atoms with Gasteiger partial charge in [-0.1, -0.05) is 12.1 Å². The molecule has 3 aromatic rings. The highest BCUT2D eigenvalue weighted by Crippen LogP contribution is 2.38. The molecule has 2 aromatic heterocycles. The number of rotatable bonds is 5. The van der Waals surface area contributed by atoms with Gasteiger partial charge >= 0.3 is 5.97 Å². The van der Waals surface area contributed by atoms with Crippen molar-refractivity contribution in [3.63, 3.8) is 0 Å². The molecule has 1 aliphatic carbocycles. The standard InChI is InChI=1S/C21H20N2O5S/c1-12-3-10-16-19(24)17(11-13-4-8-15(9-5-13)29(2,27)28)18(21(25)26)23(14-6-7-14)20(16)22-12/h3-5,8-10,14H,6-7,11H2,1-2H3,(H,25,26). The zero-order valence-electron chi connectivity index (χ0n) is 16.0. The Kier molecular flexibility index (Phi) is 4.53. The molecule has 1 aliphatic rings. The molecule has 1 fully saturated rings. The van der Waals surface area contributed by atoms with Gasteiger partial charge in [0, 0.05) is 30.0 Å². The van der Waals surface area contributed by atoms with Gasteiger partial charge in [-0.25, -0.2) is 18.2 Å². The van der Waals surface area contributed by atoms with E-state index >= 15 is 0 Å². The summed E-state index contributed by atoms with van der Waals surface area (Å²) >= 11 is 0. The Bertz CT molecular complexity index is 1300. The highest BCUT2D eigenvalue weighted by Gasteiger charge is 2.32. The molecule has 2 heterocycles. The van der Waals surface area contributed by atoms with E-state index in [0.717, 1.165) is 19.1 Å². The summed E-state index contributed by atoms with van der Waals surface area (Å²) in [6.07, 6.45) is 2.91. The Morgan fingerprint density at radius 1 is 1.17 bits per heavy atom. The van der Waals surface area contributed by atoms with Gasteiger partial charge in [0.1, 0.15) is 11.3 Å². The molecule has 0 saturated heterocycles. The van der Waals surface area contributed by atoms with Crippen molar-refractivity contribution in [2.24, 2.45) is 0 Å². The third-order valence-corrected chi connectivity index (χ3v) is 6.26. The molecule has 8 heteroatoms. The number of hydrogen-bond donors (Lipinski definition) is 1. The van der Waals surface area contributed by atoms with E-state index in [0.29, 0.717) is 22.3 Å². The maximum atomic E-state index is 13.2. The van der Waals surface area contributed by atoms with E-state index in [1.54, 1.807) is 35.8 Å². The number of carboxylic acids is 1. The van der Waals surface area contributed by atoms with Crippen LogP contribution in [0.15, 0.2) is 46.1 Å². The minimum Gasteiger partial charge on any atom is -0.477 e. The lowest BCUT2D eigenvalue weighted by Gasteiger charge is -2.17. The number of pyridine rings is 2. The number of aromatic carboxylic acids is 1. The van der Waals surface area contributed by atoms with Crippen LogP contribution in [0.2, 0.25) is 0 Å². The van der Waals surface area contributed by atoms with Crippen LogP contribution in [0, 0.1) is 6.92 Å². The summed E-state index contributed by atoms with van der Waals surface area (Å²) in [7, 11) is -3.33. The summed E-state index contributed by atoms with van der Waals surface area (Å²) < 4.78 is 25.0. The van der Waals surface area contributed by atoms with Gasteiger partial charge in [-0.05, 0) is 49.6 Å². The molecule has 4 rings (SSSR count). The van der Waals surface area contributed by atoms with E-state index in [1.807, 2.05) is 0 Å². The van der Waals surface area contributed by atoms with Crippen molar-refractivity contribution in [1.82, 2.24) is 9.55 Å². The van der Waals surface area contributed by atoms with Gasteiger partial charge in [0.25, 0.3) is 0 Å². The van der Waals surface area contributed by atoms with Crippen LogP contribution in [0.25, 0.3) is 11.0 Å². The zero-order chi connectivity index (χ0) is 20.9. The maximum Gasteiger partial charge on any atom is 0.353 e. The van der Waals surface area contributed by atoms with Crippen LogP contribution in [-0.2, 0) is 16.3 Å². The van der Waals surface area contributed by atoms with Crippen molar-refractivity contribution < 1.29 is 18.3 Å². The minimum atomic E-state index is -3.33. The fraction of sp³-hybridized carbons (Fsp3) is 0.286. The number of aryl methyl sites for hydroxylation is 1. The Hall–Kier alpha value is -3.00. The number of carboxylic acid groups (broad SMARTS) is 1. The average Bonchev–Trinajstić information content (AvgIpc) is 3.48. The molecular formula is C21H20N2O5S. The molecule has 1 aromatic carbocycles. The van der Waals surface area contributed by atoms with Crippen LogP contribution in [0.3, 0.4) is 0 Å². The van der Waals surface area contributed by atoms with Crippen molar-refractivity contribution in [3.05, 3.63) is 69.1 Å². The van der Waals surface area contributed by atoms with Gasteiger partial charge in [-0.15, -0.1) is 0 Å². The molecular weight excluding hydrogens is 392 g/mol. The van der Waals surface area contributed by atoms with E-state index in [2.05, 4.69) is 4.98 Å². The van der Waals surface area contributed by atoms with E-state index in [4.69, 9.17) is 0 Å². The van der Waals surface area contributed by atoms with Crippen molar-refractivity contribution in [1.29, 1.82) is 0 Å². The predicted octanol–water partition coefficient (Wildman–Crippen LogP) is 2.73. The van der Waals surface area contributed by atoms with Crippen LogP contribution >= 0.6 is 0 Å². The Morgan fingerprint density at radius 2 is 1.83 bits per heavy atom. The van der Waals surface area contributed by atoms with E-state index in [-0.39, 0.29) is 34.0 Å². The summed E-state index contributed by atoms with van der Waals surface area (Å²) in [4.78, 5) is 30.0. The summed E-state index contributed by atoms with van der Waals surface area (Å²) in [6, 6.07) is 9.62. The summed E-state index contributed by atoms with van der Waals surface area (Å²) in [6.45, 7) is 1.80. The molecule has 1 saturated carbocycles. The highest BCUT2D eigenvalue weighted by molar-refractivity contribution is 7.90. The van der Waals surface area contributed by atoms with Crippen molar-refractivity contribution in [2.75, 3.05) is 6.26 Å². The second-order valence-corrected chi connectivity index (χ2v) is 9.50. The third-order valence-electron chi connectivity index (χ3n) is 5.14. The van der Waals surface area contributed by atoms with Crippen molar-refractivity contribution in [3.8, 4) is 0 Å². The summed E-state index contributed by atoms with van der Waals surface area (Å²) in [5, 5.41) is 10.3. The van der Waals surface area contributed by atoms with Crippen LogP contribution in [-0.4, -0.2) is 35.3 Å². The zero-order valence-corrected chi connectivity index (χ0v) is 16.9.